The zero-order valence-corrected chi connectivity index (χ0v) is 9.04. The molecule has 2 rings (SSSR count). The molecule has 1 nitrogen and oxygen atoms in total. The lowest BCUT2D eigenvalue weighted by Gasteiger charge is -2.08. The maximum Gasteiger partial charge on any atom is 0.387 e. The average Bonchev–Trinajstić information content (AvgIpc) is 2.28. The van der Waals surface area contributed by atoms with Gasteiger partial charge in [-0.15, -0.1) is 0 Å². The monoisotopic (exact) mass is 256 g/mol. The third kappa shape index (κ3) is 2.61. The first-order chi connectivity index (χ1) is 8.58. The fourth-order valence-electron chi connectivity index (χ4n) is 1.60. The molecule has 0 unspecified atom stereocenters. The first-order valence-corrected chi connectivity index (χ1v) is 5.07. The molecule has 2 aromatic carbocycles. The molecule has 0 atom stereocenters. The second-order valence-electron chi connectivity index (χ2n) is 3.50. The minimum Gasteiger partial charge on any atom is -0.435 e. The molecule has 0 N–H and O–H groups in total. The van der Waals surface area contributed by atoms with Gasteiger partial charge in [-0.1, -0.05) is 18.2 Å². The molecule has 0 fully saturated rings. The predicted octanol–water partition coefficient (Wildman–Crippen LogP) is 4.23. The highest BCUT2D eigenvalue weighted by Gasteiger charge is 2.12. The van der Waals surface area contributed by atoms with Crippen LogP contribution < -0.4 is 4.74 Å². The molecule has 2 aromatic rings. The van der Waals surface area contributed by atoms with Gasteiger partial charge in [-0.25, -0.2) is 8.78 Å². The number of rotatable bonds is 3. The number of hydrogen-bond donors (Lipinski definition) is 0. The van der Waals surface area contributed by atoms with Crippen LogP contribution in [0.3, 0.4) is 0 Å². The Labute approximate surface area is 101 Å². The van der Waals surface area contributed by atoms with Crippen LogP contribution in [0.1, 0.15) is 0 Å². The predicted molar refractivity (Wildman–Crippen MR) is 58.4 cm³/mol. The van der Waals surface area contributed by atoms with Crippen molar-refractivity contribution in [2.24, 2.45) is 0 Å². The lowest BCUT2D eigenvalue weighted by Crippen LogP contribution is -2.01. The van der Waals surface area contributed by atoms with Crippen LogP contribution in [-0.2, 0) is 0 Å². The average molecular weight is 256 g/mol. The molecule has 0 amide bonds. The second kappa shape index (κ2) is 5.08. The quantitative estimate of drug-likeness (QED) is 0.746. The summed E-state index contributed by atoms with van der Waals surface area (Å²) >= 11 is 0. The molecule has 0 heterocycles. The van der Waals surface area contributed by atoms with Crippen LogP contribution in [0, 0.1) is 11.6 Å². The van der Waals surface area contributed by atoms with Gasteiger partial charge in [-0.2, -0.15) is 8.78 Å². The van der Waals surface area contributed by atoms with Gasteiger partial charge < -0.3 is 4.74 Å². The maximum absolute atomic E-state index is 13.5. The molecule has 0 spiro atoms. The van der Waals surface area contributed by atoms with Gasteiger partial charge >= 0.3 is 6.61 Å². The zero-order valence-electron chi connectivity index (χ0n) is 9.04. The van der Waals surface area contributed by atoms with Crippen molar-refractivity contribution in [1.82, 2.24) is 0 Å². The summed E-state index contributed by atoms with van der Waals surface area (Å²) in [4.78, 5) is 0. The van der Waals surface area contributed by atoms with Gasteiger partial charge in [-0.05, 0) is 29.8 Å². The molecule has 5 heteroatoms. The Morgan fingerprint density at radius 3 is 2.11 bits per heavy atom. The highest BCUT2D eigenvalue weighted by molar-refractivity contribution is 5.66. The standard InChI is InChI=1S/C13H8F4O/c14-10-5-2-6-11(15)12(10)8-3-1-4-9(7-8)18-13(16)17/h1-7,13H. The van der Waals surface area contributed by atoms with E-state index in [2.05, 4.69) is 4.74 Å². The van der Waals surface area contributed by atoms with Gasteiger partial charge in [0, 0.05) is 0 Å². The summed E-state index contributed by atoms with van der Waals surface area (Å²) in [6.45, 7) is -2.98. The van der Waals surface area contributed by atoms with E-state index in [4.69, 9.17) is 0 Å². The van der Waals surface area contributed by atoms with E-state index < -0.39 is 18.2 Å². The molecular formula is C13H8F4O. The second-order valence-corrected chi connectivity index (χ2v) is 3.50. The number of hydrogen-bond acceptors (Lipinski definition) is 1. The fraction of sp³-hybridized carbons (Fsp3) is 0.0769. The Kier molecular flexibility index (Phi) is 3.50. The Hall–Kier alpha value is -2.04. The topological polar surface area (TPSA) is 9.23 Å². The Morgan fingerprint density at radius 2 is 1.50 bits per heavy atom. The van der Waals surface area contributed by atoms with Gasteiger partial charge in [0.2, 0.25) is 0 Å². The van der Waals surface area contributed by atoms with E-state index in [0.717, 1.165) is 18.2 Å². The molecule has 18 heavy (non-hydrogen) atoms. The van der Waals surface area contributed by atoms with Gasteiger partial charge in [0.25, 0.3) is 0 Å². The summed E-state index contributed by atoms with van der Waals surface area (Å²) in [5.74, 6) is -1.67. The molecule has 0 bridgehead atoms. The smallest absolute Gasteiger partial charge is 0.387 e. The van der Waals surface area contributed by atoms with Crippen molar-refractivity contribution in [3.8, 4) is 16.9 Å². The first kappa shape index (κ1) is 12.4. The summed E-state index contributed by atoms with van der Waals surface area (Å²) in [7, 11) is 0. The third-order valence-corrected chi connectivity index (χ3v) is 2.31. The fourth-order valence-corrected chi connectivity index (χ4v) is 1.60. The first-order valence-electron chi connectivity index (χ1n) is 5.07. The molecular weight excluding hydrogens is 248 g/mol. The van der Waals surface area contributed by atoms with Crippen molar-refractivity contribution in [2.45, 2.75) is 6.61 Å². The SMILES string of the molecule is Fc1cccc(F)c1-c1cccc(OC(F)F)c1. The largest absolute Gasteiger partial charge is 0.435 e. The molecule has 0 aromatic heterocycles. The van der Waals surface area contributed by atoms with Crippen LogP contribution in [0.2, 0.25) is 0 Å². The van der Waals surface area contributed by atoms with Crippen LogP contribution in [0.5, 0.6) is 5.75 Å². The number of benzene rings is 2. The van der Waals surface area contributed by atoms with E-state index in [1.54, 1.807) is 0 Å². The maximum atomic E-state index is 13.5. The van der Waals surface area contributed by atoms with Crippen LogP contribution in [0.25, 0.3) is 11.1 Å². The summed E-state index contributed by atoms with van der Waals surface area (Å²) < 4.78 is 55.3. The lowest BCUT2D eigenvalue weighted by molar-refractivity contribution is -0.0498. The molecule has 0 saturated heterocycles. The molecule has 0 aliphatic rings. The Bertz CT molecular complexity index is 534. The summed E-state index contributed by atoms with van der Waals surface area (Å²) in [5, 5.41) is 0. The van der Waals surface area contributed by atoms with E-state index in [1.165, 1.54) is 24.3 Å². The summed E-state index contributed by atoms with van der Waals surface area (Å²) in [6.07, 6.45) is 0. The van der Waals surface area contributed by atoms with Gasteiger partial charge in [0.1, 0.15) is 17.4 Å². The van der Waals surface area contributed by atoms with E-state index >= 15 is 0 Å². The lowest BCUT2D eigenvalue weighted by atomic mass is 10.0. The van der Waals surface area contributed by atoms with Crippen molar-refractivity contribution in [2.75, 3.05) is 0 Å². The van der Waals surface area contributed by atoms with Gasteiger partial charge in [-0.3, -0.25) is 0 Å². The summed E-state index contributed by atoms with van der Waals surface area (Å²) in [5.41, 5.74) is -0.124. The third-order valence-electron chi connectivity index (χ3n) is 2.31. The van der Waals surface area contributed by atoms with E-state index in [9.17, 15) is 17.6 Å². The van der Waals surface area contributed by atoms with Crippen LogP contribution in [0.4, 0.5) is 17.6 Å². The number of halogens is 4. The van der Waals surface area contributed by atoms with E-state index in [0.29, 0.717) is 0 Å². The normalized spacial score (nSPS) is 10.7. The van der Waals surface area contributed by atoms with Crippen molar-refractivity contribution < 1.29 is 22.3 Å². The number of alkyl halides is 2. The van der Waals surface area contributed by atoms with Crippen molar-refractivity contribution in [3.05, 3.63) is 54.1 Å². The molecule has 0 radical (unpaired) electrons. The summed E-state index contributed by atoms with van der Waals surface area (Å²) in [6, 6.07) is 8.67. The van der Waals surface area contributed by atoms with Crippen molar-refractivity contribution >= 4 is 0 Å². The van der Waals surface area contributed by atoms with E-state index in [-0.39, 0.29) is 16.9 Å². The molecule has 0 aliphatic heterocycles. The molecule has 0 aliphatic carbocycles. The minimum atomic E-state index is -2.98. The van der Waals surface area contributed by atoms with Crippen LogP contribution in [0.15, 0.2) is 42.5 Å². The zero-order chi connectivity index (χ0) is 13.1. The number of ether oxygens (including phenoxy) is 1. The van der Waals surface area contributed by atoms with Gasteiger partial charge in [0.05, 0.1) is 5.56 Å². The minimum absolute atomic E-state index is 0.142. The van der Waals surface area contributed by atoms with Crippen LogP contribution in [-0.4, -0.2) is 6.61 Å². The van der Waals surface area contributed by atoms with Crippen molar-refractivity contribution in [1.29, 1.82) is 0 Å². The van der Waals surface area contributed by atoms with Crippen LogP contribution >= 0.6 is 0 Å². The molecule has 0 saturated carbocycles. The Morgan fingerprint density at radius 1 is 0.889 bits per heavy atom. The van der Waals surface area contributed by atoms with E-state index in [1.807, 2.05) is 0 Å². The Balaban J connectivity index is 2.45. The highest BCUT2D eigenvalue weighted by Crippen LogP contribution is 2.29. The molecule has 94 valence electrons. The van der Waals surface area contributed by atoms with Gasteiger partial charge in [0.15, 0.2) is 0 Å². The van der Waals surface area contributed by atoms with Crippen molar-refractivity contribution in [3.63, 3.8) is 0 Å². The highest BCUT2D eigenvalue weighted by atomic mass is 19.3.